The normalized spacial score (nSPS) is 15.2. The molecule has 0 spiro atoms. The number of aliphatic hydroxyl groups excluding tert-OH is 1. The van der Waals surface area contributed by atoms with Crippen LogP contribution in [-0.2, 0) is 0 Å². The van der Waals surface area contributed by atoms with Gasteiger partial charge in [-0.2, -0.15) is 9.49 Å². The van der Waals surface area contributed by atoms with E-state index in [-0.39, 0.29) is 11.0 Å². The summed E-state index contributed by atoms with van der Waals surface area (Å²) in [5.41, 5.74) is 6.36. The van der Waals surface area contributed by atoms with Crippen molar-refractivity contribution < 1.29 is 9.50 Å². The van der Waals surface area contributed by atoms with E-state index in [1.54, 1.807) is 18.5 Å². The van der Waals surface area contributed by atoms with Gasteiger partial charge >= 0.3 is 0 Å². The first-order chi connectivity index (χ1) is 19.1. The maximum atomic E-state index is 13.7. The average molecular weight is 540 g/mol. The van der Waals surface area contributed by atoms with E-state index < -0.39 is 6.23 Å². The van der Waals surface area contributed by atoms with Crippen LogP contribution in [-0.4, -0.2) is 41.5 Å². The summed E-state index contributed by atoms with van der Waals surface area (Å²) in [6.07, 6.45) is 10.3. The first kappa shape index (κ1) is 23.9. The highest BCUT2D eigenvalue weighted by molar-refractivity contribution is 7.14. The van der Waals surface area contributed by atoms with E-state index in [2.05, 4.69) is 36.5 Å². The summed E-state index contributed by atoms with van der Waals surface area (Å²) in [7, 11) is 0. The van der Waals surface area contributed by atoms with Gasteiger partial charge in [0.05, 0.1) is 22.9 Å². The van der Waals surface area contributed by atoms with Crippen molar-refractivity contribution in [3.8, 4) is 33.1 Å². The maximum absolute atomic E-state index is 13.7. The number of halogens is 1. The molecule has 39 heavy (non-hydrogen) atoms. The van der Waals surface area contributed by atoms with Gasteiger partial charge in [0.1, 0.15) is 11.9 Å². The number of benzene rings is 1. The lowest BCUT2D eigenvalue weighted by Gasteiger charge is -2.27. The predicted octanol–water partition coefficient (Wildman–Crippen LogP) is 6.74. The van der Waals surface area contributed by atoms with Crippen LogP contribution in [0.2, 0.25) is 0 Å². The number of hydrogen-bond donors (Lipinski definition) is 4. The monoisotopic (exact) mass is 539 g/mol. The lowest BCUT2D eigenvalue weighted by molar-refractivity contribution is 0.109. The SMILES string of the molecule is OC(Nc1cncc(-c2ccc3[nH]nc(-c4nc5nccc(-c6ccc(F)s6)c5[nH]4)c3c2)c1)C1CCCCC1. The fraction of sp³-hybridized carbons (Fsp3) is 0.241. The van der Waals surface area contributed by atoms with Crippen LogP contribution in [0, 0.1) is 11.0 Å². The summed E-state index contributed by atoms with van der Waals surface area (Å²) in [4.78, 5) is 17.7. The zero-order valence-corrected chi connectivity index (χ0v) is 21.8. The van der Waals surface area contributed by atoms with Crippen molar-refractivity contribution in [2.45, 2.75) is 38.3 Å². The van der Waals surface area contributed by atoms with Gasteiger partial charge in [-0.25, -0.2) is 9.97 Å². The van der Waals surface area contributed by atoms with Gasteiger partial charge in [-0.3, -0.25) is 10.1 Å². The minimum Gasteiger partial charge on any atom is -0.374 e. The number of anilines is 1. The van der Waals surface area contributed by atoms with Gasteiger partial charge in [-0.05, 0) is 54.8 Å². The Hall–Kier alpha value is -4.15. The molecule has 0 radical (unpaired) electrons. The quantitative estimate of drug-likeness (QED) is 0.174. The van der Waals surface area contributed by atoms with E-state index in [4.69, 9.17) is 4.98 Å². The van der Waals surface area contributed by atoms with Gasteiger partial charge in [-0.1, -0.05) is 25.3 Å². The lowest BCUT2D eigenvalue weighted by atomic mass is 9.88. The Morgan fingerprint density at radius 2 is 1.92 bits per heavy atom. The number of H-pyrrole nitrogens is 2. The molecule has 1 unspecified atom stereocenters. The third kappa shape index (κ3) is 4.55. The molecule has 8 nitrogen and oxygen atoms in total. The number of hydrogen-bond acceptors (Lipinski definition) is 7. The fourth-order valence-electron chi connectivity index (χ4n) is 5.48. The Balaban J connectivity index is 1.22. The Morgan fingerprint density at radius 3 is 2.77 bits per heavy atom. The summed E-state index contributed by atoms with van der Waals surface area (Å²) < 4.78 is 13.7. The van der Waals surface area contributed by atoms with Crippen LogP contribution in [0.25, 0.3) is 55.2 Å². The van der Waals surface area contributed by atoms with Crippen molar-refractivity contribution in [2.24, 2.45) is 5.92 Å². The molecule has 5 aromatic heterocycles. The number of thiophene rings is 1. The molecule has 1 atom stereocenters. The van der Waals surface area contributed by atoms with E-state index in [9.17, 15) is 9.50 Å². The van der Waals surface area contributed by atoms with Crippen LogP contribution in [0.4, 0.5) is 10.1 Å². The molecule has 4 N–H and O–H groups in total. The maximum Gasteiger partial charge on any atom is 0.178 e. The average Bonchev–Trinajstić information content (AvgIpc) is 3.71. The molecule has 196 valence electrons. The number of aromatic amines is 2. The minimum atomic E-state index is -0.581. The van der Waals surface area contributed by atoms with Gasteiger partial charge in [0, 0.05) is 39.7 Å². The molecular formula is C29H26FN7OS. The number of pyridine rings is 2. The van der Waals surface area contributed by atoms with Crippen LogP contribution >= 0.6 is 11.3 Å². The Labute approximate surface area is 227 Å². The van der Waals surface area contributed by atoms with Crippen LogP contribution in [0.3, 0.4) is 0 Å². The Morgan fingerprint density at radius 1 is 1.03 bits per heavy atom. The molecule has 0 saturated heterocycles. The van der Waals surface area contributed by atoms with E-state index >= 15 is 0 Å². The molecule has 6 aromatic rings. The molecule has 1 saturated carbocycles. The summed E-state index contributed by atoms with van der Waals surface area (Å²) in [6, 6.07) is 13.2. The van der Waals surface area contributed by atoms with Crippen molar-refractivity contribution >= 4 is 39.1 Å². The molecule has 10 heteroatoms. The number of nitrogens with one attached hydrogen (secondary N) is 3. The first-order valence-corrected chi connectivity index (χ1v) is 13.9. The van der Waals surface area contributed by atoms with E-state index in [1.165, 1.54) is 25.3 Å². The van der Waals surface area contributed by atoms with Gasteiger partial charge in [0.25, 0.3) is 0 Å². The number of aromatic nitrogens is 6. The van der Waals surface area contributed by atoms with Crippen molar-refractivity contribution in [1.82, 2.24) is 30.1 Å². The molecule has 1 aromatic carbocycles. The van der Waals surface area contributed by atoms with E-state index in [0.29, 0.717) is 17.2 Å². The standard InChI is InChI=1S/C29H26FN7OS/c30-24-9-8-23(39-24)20-10-11-32-27-25(20)34-28(35-27)26-21-13-17(6-7-22(21)36-37-26)18-12-19(15-31-14-18)33-29(38)16-4-2-1-3-5-16/h6-16,29,33,38H,1-5H2,(H,36,37)(H,32,34,35). The third-order valence-electron chi connectivity index (χ3n) is 7.50. The molecular weight excluding hydrogens is 513 g/mol. The van der Waals surface area contributed by atoms with Crippen molar-refractivity contribution in [3.05, 3.63) is 66.2 Å². The Kier molecular flexibility index (Phi) is 6.05. The molecule has 7 rings (SSSR count). The van der Waals surface area contributed by atoms with Gasteiger partial charge < -0.3 is 15.4 Å². The molecule has 1 aliphatic carbocycles. The second kappa shape index (κ2) is 9.87. The highest BCUT2D eigenvalue weighted by Crippen LogP contribution is 2.35. The van der Waals surface area contributed by atoms with Crippen LogP contribution in [0.5, 0.6) is 0 Å². The molecule has 5 heterocycles. The topological polar surface area (TPSA) is 115 Å². The molecule has 0 bridgehead atoms. The summed E-state index contributed by atoms with van der Waals surface area (Å²) >= 11 is 1.09. The third-order valence-corrected chi connectivity index (χ3v) is 8.41. The van der Waals surface area contributed by atoms with Crippen molar-refractivity contribution in [3.63, 3.8) is 0 Å². The summed E-state index contributed by atoms with van der Waals surface area (Å²) in [5, 5.41) is 22.3. The summed E-state index contributed by atoms with van der Waals surface area (Å²) in [5.74, 6) is 0.847. The van der Waals surface area contributed by atoms with Crippen LogP contribution in [0.1, 0.15) is 32.1 Å². The minimum absolute atomic E-state index is 0.238. The number of rotatable bonds is 6. The second-order valence-corrected chi connectivity index (χ2v) is 11.1. The first-order valence-electron chi connectivity index (χ1n) is 13.1. The second-order valence-electron chi connectivity index (χ2n) is 10.0. The van der Waals surface area contributed by atoms with Gasteiger partial charge in [0.2, 0.25) is 0 Å². The Bertz CT molecular complexity index is 1790. The number of imidazole rings is 1. The van der Waals surface area contributed by atoms with E-state index in [0.717, 1.165) is 67.9 Å². The predicted molar refractivity (Wildman–Crippen MR) is 152 cm³/mol. The molecule has 0 amide bonds. The number of nitrogens with zero attached hydrogens (tertiary/aromatic N) is 4. The van der Waals surface area contributed by atoms with Gasteiger partial charge in [0.15, 0.2) is 16.6 Å². The van der Waals surface area contributed by atoms with Crippen LogP contribution < -0.4 is 5.32 Å². The number of aliphatic hydroxyl groups is 1. The van der Waals surface area contributed by atoms with Crippen molar-refractivity contribution in [2.75, 3.05) is 5.32 Å². The molecule has 1 aliphatic rings. The zero-order chi connectivity index (χ0) is 26.3. The lowest BCUT2D eigenvalue weighted by Crippen LogP contribution is -2.30. The smallest absolute Gasteiger partial charge is 0.178 e. The molecule has 0 aliphatic heterocycles. The van der Waals surface area contributed by atoms with Crippen LogP contribution in [0.15, 0.2) is 61.1 Å². The zero-order valence-electron chi connectivity index (χ0n) is 21.0. The molecule has 1 fully saturated rings. The van der Waals surface area contributed by atoms with Crippen molar-refractivity contribution in [1.29, 1.82) is 0 Å². The fourth-order valence-corrected chi connectivity index (χ4v) is 6.24. The summed E-state index contributed by atoms with van der Waals surface area (Å²) in [6.45, 7) is 0. The van der Waals surface area contributed by atoms with E-state index in [1.807, 2.05) is 30.5 Å². The highest BCUT2D eigenvalue weighted by Gasteiger charge is 2.22. The highest BCUT2D eigenvalue weighted by atomic mass is 32.1. The van der Waals surface area contributed by atoms with Gasteiger partial charge in [-0.15, -0.1) is 11.3 Å². The largest absolute Gasteiger partial charge is 0.374 e. The number of fused-ring (bicyclic) bond motifs is 2.